The molecule has 34 heavy (non-hydrogen) atoms. The van der Waals surface area contributed by atoms with Crippen LogP contribution in [0.15, 0.2) is 55.0 Å². The minimum absolute atomic E-state index is 0.144. The number of hydrogen-bond acceptors (Lipinski definition) is 6. The molecule has 0 unspecified atom stereocenters. The first-order chi connectivity index (χ1) is 16.4. The summed E-state index contributed by atoms with van der Waals surface area (Å²) in [5.74, 6) is 1.10. The molecule has 0 bridgehead atoms. The number of rotatable bonds is 5. The molecule has 0 aliphatic carbocycles. The van der Waals surface area contributed by atoms with Crippen LogP contribution in [0.1, 0.15) is 28.3 Å². The molecular formula is C25H24N8O. The summed E-state index contributed by atoms with van der Waals surface area (Å²) in [4.78, 5) is 30.7. The van der Waals surface area contributed by atoms with Crippen molar-refractivity contribution in [1.29, 1.82) is 0 Å². The fraction of sp³-hybridized carbons (Fsp3) is 0.200. The monoisotopic (exact) mass is 452 g/mol. The van der Waals surface area contributed by atoms with E-state index < -0.39 is 0 Å². The molecule has 170 valence electrons. The van der Waals surface area contributed by atoms with Crippen LogP contribution in [0.25, 0.3) is 22.8 Å². The Kier molecular flexibility index (Phi) is 5.37. The van der Waals surface area contributed by atoms with Crippen molar-refractivity contribution in [3.63, 3.8) is 0 Å². The highest BCUT2D eigenvalue weighted by atomic mass is 16.1. The van der Waals surface area contributed by atoms with Gasteiger partial charge >= 0.3 is 0 Å². The minimum atomic E-state index is -0.144. The Morgan fingerprint density at radius 2 is 1.74 bits per heavy atom. The number of carbonyl (C=O) groups is 1. The molecule has 9 heteroatoms. The summed E-state index contributed by atoms with van der Waals surface area (Å²) in [6, 6.07) is 13.5. The number of carbonyl (C=O) groups excluding carboxylic acids is 1. The lowest BCUT2D eigenvalue weighted by Gasteiger charge is -2.08. The molecule has 0 atom stereocenters. The van der Waals surface area contributed by atoms with Gasteiger partial charge in [-0.15, -0.1) is 0 Å². The third-order valence-corrected chi connectivity index (χ3v) is 5.67. The molecule has 4 aromatic heterocycles. The fourth-order valence-electron chi connectivity index (χ4n) is 4.04. The second-order valence-electron chi connectivity index (χ2n) is 8.25. The molecule has 1 amide bonds. The van der Waals surface area contributed by atoms with E-state index in [0.717, 1.165) is 45.2 Å². The van der Waals surface area contributed by atoms with Crippen LogP contribution >= 0.6 is 0 Å². The molecule has 0 radical (unpaired) electrons. The number of nitrogens with zero attached hydrogens (tertiary/aromatic N) is 7. The van der Waals surface area contributed by atoms with Gasteiger partial charge < -0.3 is 5.32 Å². The second-order valence-corrected chi connectivity index (χ2v) is 8.25. The topological polar surface area (TPSA) is 103 Å². The maximum atomic E-state index is 12.8. The van der Waals surface area contributed by atoms with Crippen LogP contribution in [0, 0.1) is 27.7 Å². The van der Waals surface area contributed by atoms with Gasteiger partial charge in [-0.3, -0.25) is 9.36 Å². The standard InChI is InChI=1S/C25H24N8O/c1-15-11-16(2)29-25(28-15)33-18(4)20(17(3)31-33)12-24(34)30-19-9-10-23(26-13-19)32-14-27-21-7-5-6-8-22(21)32/h5-11,13-14H,12H2,1-4H3,(H,30,34). The summed E-state index contributed by atoms with van der Waals surface area (Å²) >= 11 is 0. The molecule has 9 nitrogen and oxygen atoms in total. The Morgan fingerprint density at radius 1 is 0.971 bits per heavy atom. The lowest BCUT2D eigenvalue weighted by atomic mass is 10.1. The van der Waals surface area contributed by atoms with Crippen molar-refractivity contribution in [1.82, 2.24) is 34.3 Å². The minimum Gasteiger partial charge on any atom is -0.324 e. The predicted molar refractivity (Wildman–Crippen MR) is 129 cm³/mol. The van der Waals surface area contributed by atoms with Crippen molar-refractivity contribution in [3.05, 3.63) is 83.3 Å². The van der Waals surface area contributed by atoms with Crippen LogP contribution in [0.2, 0.25) is 0 Å². The number of benzene rings is 1. The van der Waals surface area contributed by atoms with Gasteiger partial charge in [0.25, 0.3) is 5.95 Å². The molecule has 0 fully saturated rings. The molecule has 5 aromatic rings. The van der Waals surface area contributed by atoms with Gasteiger partial charge in [0.1, 0.15) is 12.1 Å². The van der Waals surface area contributed by atoms with E-state index in [1.54, 1.807) is 17.2 Å². The number of pyridine rings is 1. The van der Waals surface area contributed by atoms with Crippen LogP contribution in [0.4, 0.5) is 5.69 Å². The SMILES string of the molecule is Cc1cc(C)nc(-n2nc(C)c(CC(=O)Nc3ccc(-n4cnc5ccccc54)nc3)c2C)n1. The van der Waals surface area contributed by atoms with E-state index >= 15 is 0 Å². The van der Waals surface area contributed by atoms with Gasteiger partial charge in [-0.25, -0.2) is 24.6 Å². The third-order valence-electron chi connectivity index (χ3n) is 5.67. The Hall–Kier alpha value is -4.40. The smallest absolute Gasteiger partial charge is 0.251 e. The number of imidazole rings is 1. The van der Waals surface area contributed by atoms with Gasteiger partial charge in [-0.2, -0.15) is 5.10 Å². The molecule has 0 spiro atoms. The Bertz CT molecular complexity index is 1490. The van der Waals surface area contributed by atoms with Gasteiger partial charge in [0.05, 0.1) is 35.0 Å². The molecule has 0 saturated carbocycles. The van der Waals surface area contributed by atoms with Crippen LogP contribution in [0.3, 0.4) is 0 Å². The average molecular weight is 453 g/mol. The first kappa shape index (κ1) is 21.4. The van der Waals surface area contributed by atoms with Gasteiger partial charge in [-0.1, -0.05) is 12.1 Å². The summed E-state index contributed by atoms with van der Waals surface area (Å²) < 4.78 is 3.61. The first-order valence-corrected chi connectivity index (χ1v) is 10.9. The third kappa shape index (κ3) is 4.03. The average Bonchev–Trinajstić information content (AvgIpc) is 3.35. The van der Waals surface area contributed by atoms with E-state index in [1.165, 1.54) is 0 Å². The van der Waals surface area contributed by atoms with Gasteiger partial charge in [0.2, 0.25) is 5.91 Å². The quantitative estimate of drug-likeness (QED) is 0.435. The number of para-hydroxylation sites is 2. The number of fused-ring (bicyclic) bond motifs is 1. The lowest BCUT2D eigenvalue weighted by Crippen LogP contribution is -2.16. The zero-order valence-corrected chi connectivity index (χ0v) is 19.4. The number of amides is 1. The Morgan fingerprint density at radius 3 is 2.47 bits per heavy atom. The molecule has 4 heterocycles. The van der Waals surface area contributed by atoms with Crippen LogP contribution in [-0.4, -0.2) is 40.2 Å². The highest BCUT2D eigenvalue weighted by Crippen LogP contribution is 2.20. The largest absolute Gasteiger partial charge is 0.324 e. The van der Waals surface area contributed by atoms with Crippen molar-refractivity contribution in [2.45, 2.75) is 34.1 Å². The highest BCUT2D eigenvalue weighted by Gasteiger charge is 2.18. The summed E-state index contributed by atoms with van der Waals surface area (Å²) in [6.45, 7) is 7.66. The molecular weight excluding hydrogens is 428 g/mol. The molecule has 1 N–H and O–H groups in total. The Balaban J connectivity index is 1.32. The van der Waals surface area contributed by atoms with Crippen molar-refractivity contribution in [2.75, 3.05) is 5.32 Å². The van der Waals surface area contributed by atoms with Gasteiger partial charge in [0, 0.05) is 22.6 Å². The van der Waals surface area contributed by atoms with Crippen LogP contribution in [0.5, 0.6) is 0 Å². The summed E-state index contributed by atoms with van der Waals surface area (Å²) in [6.07, 6.45) is 3.58. The molecule has 5 rings (SSSR count). The number of nitrogens with one attached hydrogen (secondary N) is 1. The van der Waals surface area contributed by atoms with Gasteiger partial charge in [0.15, 0.2) is 0 Å². The number of aryl methyl sites for hydroxylation is 3. The molecule has 0 aliphatic heterocycles. The van der Waals surface area contributed by atoms with Crippen LogP contribution in [-0.2, 0) is 11.2 Å². The Labute approximate surface area is 196 Å². The highest BCUT2D eigenvalue weighted by molar-refractivity contribution is 5.92. The molecule has 0 aliphatic rings. The van der Waals surface area contributed by atoms with E-state index in [9.17, 15) is 4.79 Å². The van der Waals surface area contributed by atoms with E-state index in [4.69, 9.17) is 0 Å². The number of anilines is 1. The normalized spacial score (nSPS) is 11.2. The van der Waals surface area contributed by atoms with Crippen molar-refractivity contribution in [2.24, 2.45) is 0 Å². The molecule has 1 aromatic carbocycles. The maximum Gasteiger partial charge on any atom is 0.251 e. The number of hydrogen-bond donors (Lipinski definition) is 1. The molecule has 0 saturated heterocycles. The predicted octanol–water partition coefficient (Wildman–Crippen LogP) is 3.81. The maximum absolute atomic E-state index is 12.8. The zero-order valence-electron chi connectivity index (χ0n) is 19.4. The summed E-state index contributed by atoms with van der Waals surface area (Å²) in [5.41, 5.74) is 6.71. The lowest BCUT2D eigenvalue weighted by molar-refractivity contribution is -0.115. The van der Waals surface area contributed by atoms with E-state index in [-0.39, 0.29) is 12.3 Å². The van der Waals surface area contributed by atoms with Gasteiger partial charge in [-0.05, 0) is 58.0 Å². The second kappa shape index (κ2) is 8.51. The summed E-state index contributed by atoms with van der Waals surface area (Å²) in [7, 11) is 0. The zero-order chi connectivity index (χ0) is 23.8. The van der Waals surface area contributed by atoms with Crippen molar-refractivity contribution >= 4 is 22.6 Å². The first-order valence-electron chi connectivity index (χ1n) is 10.9. The fourth-order valence-corrected chi connectivity index (χ4v) is 4.04. The van der Waals surface area contributed by atoms with E-state index in [2.05, 4.69) is 30.4 Å². The number of aromatic nitrogens is 7. The van der Waals surface area contributed by atoms with E-state index in [0.29, 0.717) is 11.6 Å². The van der Waals surface area contributed by atoms with E-state index in [1.807, 2.05) is 74.7 Å². The van der Waals surface area contributed by atoms with Crippen LogP contribution < -0.4 is 5.32 Å². The summed E-state index contributed by atoms with van der Waals surface area (Å²) in [5, 5.41) is 7.51. The van der Waals surface area contributed by atoms with Crippen molar-refractivity contribution in [3.8, 4) is 11.8 Å². The van der Waals surface area contributed by atoms with Crippen molar-refractivity contribution < 1.29 is 4.79 Å².